The lowest BCUT2D eigenvalue weighted by Gasteiger charge is -2.32. The van der Waals surface area contributed by atoms with Crippen LogP contribution in [0.2, 0.25) is 0 Å². The van der Waals surface area contributed by atoms with Crippen LogP contribution in [0.15, 0.2) is 53.3 Å². The number of methoxy groups -OCH3 is 1. The summed E-state index contributed by atoms with van der Waals surface area (Å²) < 4.78 is 18.7. The van der Waals surface area contributed by atoms with Gasteiger partial charge in [0.25, 0.3) is 5.56 Å². The molecular formula is C40H47N5O10. The molecule has 2 aliphatic heterocycles. The molecule has 1 saturated heterocycles. The number of carbonyl (C=O) groups is 3. The zero-order valence-electron chi connectivity index (χ0n) is 31.3. The number of aliphatic carboxylic acids is 1. The number of rotatable bonds is 16. The van der Waals surface area contributed by atoms with Crippen molar-refractivity contribution in [3.63, 3.8) is 0 Å². The van der Waals surface area contributed by atoms with Gasteiger partial charge in [-0.2, -0.15) is 0 Å². The first-order valence-corrected chi connectivity index (χ1v) is 18.3. The van der Waals surface area contributed by atoms with E-state index in [9.17, 15) is 34.5 Å². The number of para-hydroxylation sites is 1. The van der Waals surface area contributed by atoms with E-state index in [1.54, 1.807) is 29.8 Å². The van der Waals surface area contributed by atoms with E-state index >= 15 is 0 Å². The van der Waals surface area contributed by atoms with Crippen molar-refractivity contribution in [2.75, 3.05) is 32.6 Å². The van der Waals surface area contributed by atoms with Crippen molar-refractivity contribution in [3.05, 3.63) is 86.7 Å². The number of nitrogens with zero attached hydrogens (tertiary/aromatic N) is 3. The number of hydrogen-bond acceptors (Lipinski definition) is 12. The predicted molar refractivity (Wildman–Crippen MR) is 203 cm³/mol. The molecule has 4 aromatic rings. The molecule has 6 rings (SSSR count). The van der Waals surface area contributed by atoms with Gasteiger partial charge in [-0.05, 0) is 62.7 Å². The second kappa shape index (κ2) is 17.2. The fraction of sp³-hybridized carbons (Fsp3) is 0.425. The molecule has 0 radical (unpaired) electrons. The zero-order chi connectivity index (χ0) is 39.4. The Hall–Kier alpha value is -5.03. The van der Waals surface area contributed by atoms with Crippen molar-refractivity contribution in [3.8, 4) is 17.1 Å². The monoisotopic (exact) mass is 757 g/mol. The molecule has 4 unspecified atom stereocenters. The number of benzene rings is 2. The van der Waals surface area contributed by atoms with Gasteiger partial charge in [0.05, 0.1) is 48.4 Å². The maximum absolute atomic E-state index is 13.8. The Morgan fingerprint density at radius 2 is 1.93 bits per heavy atom. The highest BCUT2D eigenvalue weighted by Gasteiger charge is 2.35. The molecular weight excluding hydrogens is 710 g/mol. The number of aliphatic hydroxyl groups excluding tert-OH is 2. The maximum Gasteiger partial charge on any atom is 0.333 e. The molecule has 5 N–H and O–H groups in total. The van der Waals surface area contributed by atoms with Crippen molar-refractivity contribution >= 4 is 34.8 Å². The number of aromatic nitrogens is 2. The van der Waals surface area contributed by atoms with E-state index in [0.717, 1.165) is 27.6 Å². The van der Waals surface area contributed by atoms with Gasteiger partial charge in [-0.25, -0.2) is 9.78 Å². The molecule has 0 aliphatic carbocycles. The van der Waals surface area contributed by atoms with E-state index < -0.39 is 30.6 Å². The number of aliphatic hydroxyl groups is 2. The fourth-order valence-electron chi connectivity index (χ4n) is 7.30. The summed E-state index contributed by atoms with van der Waals surface area (Å²) >= 11 is 0. The van der Waals surface area contributed by atoms with E-state index in [1.165, 1.54) is 7.11 Å². The molecule has 1 fully saturated rings. The van der Waals surface area contributed by atoms with Crippen molar-refractivity contribution in [1.82, 2.24) is 19.8 Å². The molecule has 0 spiro atoms. The number of carboxylic acid groups (broad SMARTS) is 1. The second-order valence-corrected chi connectivity index (χ2v) is 14.2. The number of amides is 1. The van der Waals surface area contributed by atoms with Crippen LogP contribution in [0.1, 0.15) is 60.6 Å². The maximum atomic E-state index is 13.8. The van der Waals surface area contributed by atoms with Crippen LogP contribution in [0, 0.1) is 0 Å². The standard InChI is InChI=1S/C40H47N5O10/c1-22(2)44(18-23-9-10-31(42-36(49)17-41-3)34(13-23)54-37-15-24(47)14-35(55-37)40(51)52)12-11-25-26-7-5-6-8-30(26)43-38-28(25)19-45-32(38)16-27(33(48)20-46)29(21-53-4)39(45)50/h5-10,13,16,20,22,24,33,35,37,41,47-48H,11-12,14-15,17-19,21H2,1-4H3,(H,42,49)(H,51,52). The van der Waals surface area contributed by atoms with Gasteiger partial charge in [0, 0.05) is 61.2 Å². The Labute approximate surface area is 317 Å². The molecule has 15 heteroatoms. The lowest BCUT2D eigenvalue weighted by Crippen LogP contribution is -2.42. The summed E-state index contributed by atoms with van der Waals surface area (Å²) in [5.74, 6) is -1.22. The summed E-state index contributed by atoms with van der Waals surface area (Å²) in [4.78, 5) is 56.9. The lowest BCUT2D eigenvalue weighted by molar-refractivity contribution is -0.195. The molecule has 15 nitrogen and oxygen atoms in total. The van der Waals surface area contributed by atoms with Gasteiger partial charge in [-0.15, -0.1) is 0 Å². The summed E-state index contributed by atoms with van der Waals surface area (Å²) in [6.07, 6.45) is -3.70. The molecule has 0 saturated carbocycles. The molecule has 4 heterocycles. The fourth-order valence-corrected chi connectivity index (χ4v) is 7.30. The molecule has 4 atom stereocenters. The van der Waals surface area contributed by atoms with Crippen LogP contribution in [0.3, 0.4) is 0 Å². The van der Waals surface area contributed by atoms with Gasteiger partial charge in [-0.3, -0.25) is 14.5 Å². The zero-order valence-corrected chi connectivity index (χ0v) is 31.3. The highest BCUT2D eigenvalue weighted by molar-refractivity contribution is 5.93. The highest BCUT2D eigenvalue weighted by Crippen LogP contribution is 2.37. The van der Waals surface area contributed by atoms with E-state index in [-0.39, 0.29) is 66.9 Å². The van der Waals surface area contributed by atoms with Gasteiger partial charge < -0.3 is 49.5 Å². The highest BCUT2D eigenvalue weighted by atomic mass is 16.7. The SMILES string of the molecule is CNCC(=O)Nc1ccc(CN(CCc2c3c(nc4ccccc24)-c2cc(C(O)C=O)c(COC)c(=O)n2C3)C(C)C)cc1OC1CC(O)CC(C(=O)O)O1. The Morgan fingerprint density at radius 3 is 2.64 bits per heavy atom. The summed E-state index contributed by atoms with van der Waals surface area (Å²) in [5.41, 5.74) is 5.16. The molecule has 292 valence electrons. The van der Waals surface area contributed by atoms with Crippen LogP contribution in [0.5, 0.6) is 5.75 Å². The number of ether oxygens (including phenoxy) is 3. The number of aldehydes is 1. The molecule has 2 aromatic heterocycles. The van der Waals surface area contributed by atoms with Gasteiger partial charge in [-0.1, -0.05) is 24.3 Å². The van der Waals surface area contributed by atoms with Crippen molar-refractivity contribution in [2.45, 2.75) is 83.5 Å². The summed E-state index contributed by atoms with van der Waals surface area (Å²) in [6.45, 7) is 5.56. The van der Waals surface area contributed by atoms with Gasteiger partial charge in [0.2, 0.25) is 12.2 Å². The number of fused-ring (bicyclic) bond motifs is 4. The molecule has 0 bridgehead atoms. The topological polar surface area (TPSA) is 202 Å². The van der Waals surface area contributed by atoms with Crippen molar-refractivity contribution in [1.29, 1.82) is 0 Å². The van der Waals surface area contributed by atoms with E-state index in [0.29, 0.717) is 42.9 Å². The Balaban J connectivity index is 1.31. The average Bonchev–Trinajstić information content (AvgIpc) is 3.52. The number of hydrogen-bond donors (Lipinski definition) is 5. The molecule has 55 heavy (non-hydrogen) atoms. The molecule has 2 aromatic carbocycles. The predicted octanol–water partition coefficient (Wildman–Crippen LogP) is 2.74. The van der Waals surface area contributed by atoms with Gasteiger partial charge in [0.15, 0.2) is 12.4 Å². The average molecular weight is 758 g/mol. The number of nitrogens with one attached hydrogen (secondary N) is 2. The minimum absolute atomic E-state index is 0.0532. The van der Waals surface area contributed by atoms with E-state index in [1.807, 2.05) is 30.3 Å². The minimum atomic E-state index is -1.49. The molecule has 1 amide bonds. The Bertz CT molecular complexity index is 2140. The van der Waals surface area contributed by atoms with E-state index in [2.05, 4.69) is 29.4 Å². The number of anilines is 1. The summed E-state index contributed by atoms with van der Waals surface area (Å²) in [6, 6.07) is 15.0. The molecule has 2 aliphatic rings. The van der Waals surface area contributed by atoms with Crippen LogP contribution in [0.25, 0.3) is 22.3 Å². The number of pyridine rings is 2. The third kappa shape index (κ3) is 8.62. The van der Waals surface area contributed by atoms with Gasteiger partial charge >= 0.3 is 5.97 Å². The first-order chi connectivity index (χ1) is 26.4. The van der Waals surface area contributed by atoms with Crippen LogP contribution < -0.4 is 20.9 Å². The normalized spacial score (nSPS) is 18.3. The van der Waals surface area contributed by atoms with Crippen LogP contribution in [0.4, 0.5) is 5.69 Å². The lowest BCUT2D eigenvalue weighted by atomic mass is 9.97. The first-order valence-electron chi connectivity index (χ1n) is 18.3. The second-order valence-electron chi connectivity index (χ2n) is 14.2. The number of carbonyl (C=O) groups excluding carboxylic acids is 2. The third-order valence-electron chi connectivity index (χ3n) is 10.1. The van der Waals surface area contributed by atoms with Gasteiger partial charge in [0.1, 0.15) is 11.9 Å². The number of likely N-dealkylation sites (N-methyl/N-ethyl adjacent to an activating group) is 1. The van der Waals surface area contributed by atoms with E-state index in [4.69, 9.17) is 19.2 Å². The first kappa shape index (κ1) is 39.7. The third-order valence-corrected chi connectivity index (χ3v) is 10.1. The smallest absolute Gasteiger partial charge is 0.333 e. The largest absolute Gasteiger partial charge is 0.479 e. The Morgan fingerprint density at radius 1 is 1.15 bits per heavy atom. The van der Waals surface area contributed by atoms with Crippen LogP contribution in [-0.2, 0) is 50.0 Å². The minimum Gasteiger partial charge on any atom is -0.479 e. The summed E-state index contributed by atoms with van der Waals surface area (Å²) in [5, 5.41) is 37.0. The van der Waals surface area contributed by atoms with Crippen LogP contribution >= 0.6 is 0 Å². The van der Waals surface area contributed by atoms with Crippen LogP contribution in [-0.4, -0.2) is 99.7 Å². The number of carboxylic acids is 1. The Kier molecular flexibility index (Phi) is 12.4. The summed E-state index contributed by atoms with van der Waals surface area (Å²) in [7, 11) is 3.11. The van der Waals surface area contributed by atoms with Crippen molar-refractivity contribution in [2.24, 2.45) is 0 Å². The van der Waals surface area contributed by atoms with Crippen molar-refractivity contribution < 1.29 is 43.9 Å². The quantitative estimate of drug-likeness (QED) is 0.0921.